The third-order valence-corrected chi connectivity index (χ3v) is 9.59. The van der Waals surface area contributed by atoms with Gasteiger partial charge in [0.25, 0.3) is 0 Å². The van der Waals surface area contributed by atoms with Crippen LogP contribution in [0.25, 0.3) is 22.4 Å². The van der Waals surface area contributed by atoms with Crippen molar-refractivity contribution < 1.29 is 33.4 Å². The van der Waals surface area contributed by atoms with Crippen molar-refractivity contribution in [3.05, 3.63) is 125 Å². The predicted octanol–water partition coefficient (Wildman–Crippen LogP) is 7.42. The van der Waals surface area contributed by atoms with Gasteiger partial charge in [-0.05, 0) is 60.7 Å². The quantitative estimate of drug-likeness (QED) is 0.0771. The van der Waals surface area contributed by atoms with Crippen LogP contribution in [-0.4, -0.2) is 54.6 Å². The number of thioether (sulfide) groups is 1. The molecule has 1 unspecified atom stereocenters. The molecule has 0 bridgehead atoms. The molecule has 5 aromatic rings. The van der Waals surface area contributed by atoms with E-state index in [2.05, 4.69) is 6.07 Å². The molecule has 2 heterocycles. The number of ketones is 1. The Balaban J connectivity index is 1.25. The Bertz CT molecular complexity index is 2200. The second-order valence-electron chi connectivity index (χ2n) is 11.2. The fourth-order valence-electron chi connectivity index (χ4n) is 5.54. The molecule has 1 aliphatic heterocycles. The monoisotopic (exact) mass is 717 g/mol. The summed E-state index contributed by atoms with van der Waals surface area (Å²) >= 11 is 7.10. The Morgan fingerprint density at radius 3 is 2.33 bits per heavy atom. The third-order valence-electron chi connectivity index (χ3n) is 8.09. The first-order chi connectivity index (χ1) is 24.7. The Kier molecular flexibility index (Phi) is 10.5. The van der Waals surface area contributed by atoms with E-state index in [-0.39, 0.29) is 38.8 Å². The lowest BCUT2D eigenvalue weighted by atomic mass is 9.98. The molecule has 51 heavy (non-hydrogen) atoms. The van der Waals surface area contributed by atoms with Crippen molar-refractivity contribution in [3.8, 4) is 40.0 Å². The molecule has 1 fully saturated rings. The van der Waals surface area contributed by atoms with Crippen molar-refractivity contribution in [2.45, 2.75) is 16.7 Å². The van der Waals surface area contributed by atoms with Gasteiger partial charge >= 0.3 is 5.97 Å². The zero-order valence-corrected chi connectivity index (χ0v) is 28.9. The highest BCUT2D eigenvalue weighted by molar-refractivity contribution is 8.00. The number of hydrogen-bond donors (Lipinski definition) is 0. The molecule has 1 aromatic heterocycles. The number of nitriles is 1. The van der Waals surface area contributed by atoms with E-state index in [0.29, 0.717) is 28.3 Å². The molecule has 10 nitrogen and oxygen atoms in total. The number of anilines is 1. The Hall–Kier alpha value is -5.96. The number of amides is 2. The van der Waals surface area contributed by atoms with E-state index in [0.717, 1.165) is 22.2 Å². The molecule has 254 valence electrons. The molecule has 0 saturated carbocycles. The lowest BCUT2D eigenvalue weighted by Crippen LogP contribution is -2.31. The number of carbonyl (C=O) groups excluding carboxylic acids is 4. The molecule has 1 aliphatic rings. The van der Waals surface area contributed by atoms with Gasteiger partial charge in [-0.3, -0.25) is 14.4 Å². The van der Waals surface area contributed by atoms with Crippen LogP contribution in [-0.2, 0) is 14.3 Å². The van der Waals surface area contributed by atoms with Crippen molar-refractivity contribution in [3.63, 3.8) is 0 Å². The van der Waals surface area contributed by atoms with Gasteiger partial charge in [0.1, 0.15) is 22.6 Å². The standard InChI is InChI=1S/C39H28ClN3O7S/c1-48-26-16-17-34(49-2)29(18-26)28-19-32(23-8-4-3-5-9-23)42-37(30(28)21-41)51-35-20-36(45)43(38(35)46)25-14-12-24(13-15-25)39(47)50-22-33(44)27-10-6-7-11-31(27)40/h3-19,35H,20,22H2,1-2H3. The fourth-order valence-corrected chi connectivity index (χ4v) is 6.90. The van der Waals surface area contributed by atoms with Crippen LogP contribution >= 0.6 is 23.4 Å². The van der Waals surface area contributed by atoms with Gasteiger partial charge in [0.15, 0.2) is 6.61 Å². The van der Waals surface area contributed by atoms with Gasteiger partial charge < -0.3 is 14.2 Å². The Labute approximate surface area is 302 Å². The van der Waals surface area contributed by atoms with E-state index in [1.165, 1.54) is 37.4 Å². The summed E-state index contributed by atoms with van der Waals surface area (Å²) < 4.78 is 16.3. The maximum absolute atomic E-state index is 13.8. The number of halogens is 1. The lowest BCUT2D eigenvalue weighted by molar-refractivity contribution is -0.121. The average Bonchev–Trinajstić information content (AvgIpc) is 3.44. The molecule has 0 aliphatic carbocycles. The minimum Gasteiger partial charge on any atom is -0.497 e. The summed E-state index contributed by atoms with van der Waals surface area (Å²) in [5.74, 6) is -1.11. The van der Waals surface area contributed by atoms with Gasteiger partial charge in [-0.1, -0.05) is 65.8 Å². The number of esters is 1. The minimum absolute atomic E-state index is 0.122. The summed E-state index contributed by atoms with van der Waals surface area (Å²) in [6.07, 6.45) is -0.141. The van der Waals surface area contributed by atoms with Crippen LogP contribution in [0.4, 0.5) is 5.69 Å². The first kappa shape index (κ1) is 34.9. The topological polar surface area (TPSA) is 136 Å². The van der Waals surface area contributed by atoms with E-state index in [1.807, 2.05) is 30.3 Å². The number of methoxy groups -OCH3 is 2. The summed E-state index contributed by atoms with van der Waals surface area (Å²) in [4.78, 5) is 58.0. The van der Waals surface area contributed by atoms with E-state index in [4.69, 9.17) is 30.8 Å². The van der Waals surface area contributed by atoms with Crippen LogP contribution in [0.3, 0.4) is 0 Å². The lowest BCUT2D eigenvalue weighted by Gasteiger charge is -2.17. The minimum atomic E-state index is -0.886. The molecule has 4 aromatic carbocycles. The number of ether oxygens (including phenoxy) is 3. The largest absolute Gasteiger partial charge is 0.497 e. The highest BCUT2D eigenvalue weighted by atomic mass is 35.5. The number of imide groups is 1. The summed E-state index contributed by atoms with van der Waals surface area (Å²) in [7, 11) is 3.07. The zero-order chi connectivity index (χ0) is 36.1. The number of hydrogen-bond acceptors (Lipinski definition) is 10. The van der Waals surface area contributed by atoms with Crippen LogP contribution < -0.4 is 14.4 Å². The summed E-state index contributed by atoms with van der Waals surface area (Å²) in [5.41, 5.74) is 3.28. The Morgan fingerprint density at radius 1 is 0.922 bits per heavy atom. The smallest absolute Gasteiger partial charge is 0.338 e. The molecular weight excluding hydrogens is 690 g/mol. The Morgan fingerprint density at radius 2 is 1.65 bits per heavy atom. The van der Waals surface area contributed by atoms with Gasteiger partial charge in [0, 0.05) is 28.7 Å². The van der Waals surface area contributed by atoms with Gasteiger partial charge in [0.2, 0.25) is 17.6 Å². The van der Waals surface area contributed by atoms with Crippen molar-refractivity contribution in [1.29, 1.82) is 5.26 Å². The number of Topliss-reactive ketones (excluding diaryl/α,β-unsaturated/α-hetero) is 1. The molecule has 1 saturated heterocycles. The normalized spacial score (nSPS) is 13.8. The second-order valence-corrected chi connectivity index (χ2v) is 12.8. The van der Waals surface area contributed by atoms with Crippen LogP contribution in [0.15, 0.2) is 108 Å². The van der Waals surface area contributed by atoms with Crippen LogP contribution in [0.1, 0.15) is 32.7 Å². The zero-order valence-electron chi connectivity index (χ0n) is 27.3. The number of carbonyl (C=O) groups is 4. The number of aromatic nitrogens is 1. The second kappa shape index (κ2) is 15.3. The van der Waals surface area contributed by atoms with Gasteiger partial charge in [-0.15, -0.1) is 0 Å². The molecule has 1 atom stereocenters. The van der Waals surface area contributed by atoms with Crippen molar-refractivity contribution in [2.24, 2.45) is 0 Å². The first-order valence-corrected chi connectivity index (χ1v) is 16.8. The molecular formula is C39H28ClN3O7S. The number of nitrogens with zero attached hydrogens (tertiary/aromatic N) is 3. The van der Waals surface area contributed by atoms with Gasteiger partial charge in [-0.25, -0.2) is 14.7 Å². The summed E-state index contributed by atoms with van der Waals surface area (Å²) in [6, 6.07) is 30.9. The van der Waals surface area contributed by atoms with E-state index in [1.54, 1.807) is 49.6 Å². The maximum Gasteiger partial charge on any atom is 0.338 e. The molecule has 0 radical (unpaired) electrons. The van der Waals surface area contributed by atoms with E-state index < -0.39 is 35.4 Å². The third kappa shape index (κ3) is 7.33. The number of benzene rings is 4. The number of rotatable bonds is 11. The van der Waals surface area contributed by atoms with Crippen molar-refractivity contribution in [2.75, 3.05) is 25.7 Å². The molecule has 0 N–H and O–H groups in total. The van der Waals surface area contributed by atoms with Crippen molar-refractivity contribution in [1.82, 2.24) is 4.98 Å². The molecule has 12 heteroatoms. The molecule has 6 rings (SSSR count). The van der Waals surface area contributed by atoms with Crippen LogP contribution in [0.2, 0.25) is 5.02 Å². The number of pyridine rings is 1. The highest BCUT2D eigenvalue weighted by Gasteiger charge is 2.41. The summed E-state index contributed by atoms with van der Waals surface area (Å²) in [6.45, 7) is -0.511. The van der Waals surface area contributed by atoms with Gasteiger partial charge in [-0.2, -0.15) is 5.26 Å². The fraction of sp³-hybridized carbons (Fsp3) is 0.128. The molecule has 2 amide bonds. The van der Waals surface area contributed by atoms with E-state index >= 15 is 0 Å². The SMILES string of the molecule is COc1ccc(OC)c(-c2cc(-c3ccccc3)nc(SC3CC(=O)N(c4ccc(C(=O)OCC(=O)c5ccccc5Cl)cc4)C3=O)c2C#N)c1. The van der Waals surface area contributed by atoms with Crippen LogP contribution in [0, 0.1) is 11.3 Å². The average molecular weight is 718 g/mol. The van der Waals surface area contributed by atoms with Crippen LogP contribution in [0.5, 0.6) is 11.5 Å². The maximum atomic E-state index is 13.8. The first-order valence-electron chi connectivity index (χ1n) is 15.5. The van der Waals surface area contributed by atoms with E-state index in [9.17, 15) is 24.4 Å². The van der Waals surface area contributed by atoms with Crippen molar-refractivity contribution >= 4 is 52.6 Å². The highest BCUT2D eigenvalue weighted by Crippen LogP contribution is 2.42. The predicted molar refractivity (Wildman–Crippen MR) is 192 cm³/mol. The molecule has 0 spiro atoms. The summed E-state index contributed by atoms with van der Waals surface area (Å²) in [5, 5.41) is 10.1. The van der Waals surface area contributed by atoms with Gasteiger partial charge in [0.05, 0.1) is 47.0 Å².